The molecule has 172 valence electrons. The summed E-state index contributed by atoms with van der Waals surface area (Å²) in [6.07, 6.45) is 4.35. The quantitative estimate of drug-likeness (QED) is 0.301. The maximum Gasteiger partial charge on any atom is 0.365 e. The molecule has 1 aliphatic rings. The molecule has 0 N–H and O–H groups in total. The van der Waals surface area contributed by atoms with Gasteiger partial charge in [0.2, 0.25) is 0 Å². The topological polar surface area (TPSA) is 87.8 Å². The fourth-order valence-corrected chi connectivity index (χ4v) is 3.94. The Kier molecular flexibility index (Phi) is 6.44. The maximum atomic E-state index is 12.5. The van der Waals surface area contributed by atoms with E-state index in [9.17, 15) is 4.79 Å². The fourth-order valence-electron chi connectivity index (χ4n) is 3.94. The molecule has 0 bridgehead atoms. The molecule has 0 saturated heterocycles. The van der Waals surface area contributed by atoms with E-state index < -0.39 is 11.4 Å². The lowest BCUT2D eigenvalue weighted by Gasteiger charge is -2.29. The first-order chi connectivity index (χ1) is 15.8. The van der Waals surface area contributed by atoms with Crippen molar-refractivity contribution in [3.05, 3.63) is 72.3 Å². The van der Waals surface area contributed by atoms with E-state index in [1.165, 1.54) is 6.33 Å². The number of benzene rings is 2. The molecule has 2 heterocycles. The molecule has 2 aromatic carbocycles. The highest BCUT2D eigenvalue weighted by Gasteiger charge is 2.35. The Morgan fingerprint density at radius 3 is 2.70 bits per heavy atom. The van der Waals surface area contributed by atoms with Crippen LogP contribution in [-0.2, 0) is 11.3 Å². The number of rotatable bonds is 7. The van der Waals surface area contributed by atoms with Gasteiger partial charge in [0.1, 0.15) is 30.3 Å². The summed E-state index contributed by atoms with van der Waals surface area (Å²) in [6.45, 7) is 6.09. The average Bonchev–Trinajstić information content (AvgIpc) is 3.47. The van der Waals surface area contributed by atoms with Crippen LogP contribution in [0.25, 0.3) is 0 Å². The van der Waals surface area contributed by atoms with Crippen molar-refractivity contribution in [3.63, 3.8) is 0 Å². The van der Waals surface area contributed by atoms with E-state index in [1.54, 1.807) is 42.4 Å². The summed E-state index contributed by atoms with van der Waals surface area (Å²) in [5.41, 5.74) is 1.81. The Bertz CT molecular complexity index is 1120. The molecule has 3 aromatic rings. The van der Waals surface area contributed by atoms with Crippen LogP contribution in [0.5, 0.6) is 11.5 Å². The van der Waals surface area contributed by atoms with E-state index in [2.05, 4.69) is 15.2 Å². The molecule has 0 aliphatic carbocycles. The third-order valence-electron chi connectivity index (χ3n) is 5.57. The Hall–Kier alpha value is -3.68. The van der Waals surface area contributed by atoms with Gasteiger partial charge in [0.05, 0.1) is 24.4 Å². The van der Waals surface area contributed by atoms with Crippen LogP contribution < -0.4 is 9.47 Å². The van der Waals surface area contributed by atoms with Gasteiger partial charge in [-0.2, -0.15) is 5.10 Å². The van der Waals surface area contributed by atoms with Crippen molar-refractivity contribution < 1.29 is 19.1 Å². The Labute approximate surface area is 193 Å². The predicted molar refractivity (Wildman–Crippen MR) is 124 cm³/mol. The van der Waals surface area contributed by atoms with Crippen LogP contribution in [0.3, 0.4) is 0 Å². The number of nitrogens with zero attached hydrogens (tertiary/aromatic N) is 4. The molecule has 2 unspecified atom stereocenters. The van der Waals surface area contributed by atoms with E-state index in [0.717, 1.165) is 23.5 Å². The number of methoxy groups -OCH3 is 1. The highest BCUT2D eigenvalue weighted by molar-refractivity contribution is 5.94. The summed E-state index contributed by atoms with van der Waals surface area (Å²) in [4.78, 5) is 22.0. The Balaban J connectivity index is 1.59. The SMILES string of the molecule is COc1ccc2c(c1)CC(CC(C(=NOC(=O)c1ccccc1)C(C)(C)C)n1cncn1)O2. The van der Waals surface area contributed by atoms with E-state index in [-0.39, 0.29) is 12.1 Å². The van der Waals surface area contributed by atoms with Gasteiger partial charge in [0, 0.05) is 23.8 Å². The second kappa shape index (κ2) is 9.44. The van der Waals surface area contributed by atoms with Crippen molar-refractivity contribution in [2.24, 2.45) is 10.6 Å². The van der Waals surface area contributed by atoms with Crippen molar-refractivity contribution in [2.75, 3.05) is 7.11 Å². The monoisotopic (exact) mass is 448 g/mol. The van der Waals surface area contributed by atoms with Crippen LogP contribution in [0.15, 0.2) is 66.3 Å². The lowest BCUT2D eigenvalue weighted by Crippen LogP contribution is -2.35. The number of aromatic nitrogens is 3. The minimum absolute atomic E-state index is 0.0984. The van der Waals surface area contributed by atoms with Crippen LogP contribution in [0, 0.1) is 5.41 Å². The zero-order valence-corrected chi connectivity index (χ0v) is 19.3. The summed E-state index contributed by atoms with van der Waals surface area (Å²) in [5.74, 6) is 1.14. The smallest absolute Gasteiger partial charge is 0.365 e. The summed E-state index contributed by atoms with van der Waals surface area (Å²) in [5, 5.41) is 8.71. The van der Waals surface area contributed by atoms with Crippen molar-refractivity contribution >= 4 is 11.7 Å². The van der Waals surface area contributed by atoms with Gasteiger partial charge in [0.15, 0.2) is 0 Å². The molecule has 1 aromatic heterocycles. The molecule has 0 fully saturated rings. The second-order valence-corrected chi connectivity index (χ2v) is 9.02. The first-order valence-corrected chi connectivity index (χ1v) is 10.9. The standard InChI is InChI=1S/C25H28N4O4/c1-25(2,3)23(28-33-24(30)17-8-6-5-7-9-17)21(29-16-26-15-27-29)14-20-13-18-12-19(31-4)10-11-22(18)32-20/h5-12,15-16,20-21H,13-14H2,1-4H3. The highest BCUT2D eigenvalue weighted by atomic mass is 16.7. The number of ether oxygens (including phenoxy) is 2. The third-order valence-corrected chi connectivity index (χ3v) is 5.57. The minimum atomic E-state index is -0.508. The van der Waals surface area contributed by atoms with Gasteiger partial charge in [-0.15, -0.1) is 0 Å². The molecule has 8 nitrogen and oxygen atoms in total. The zero-order valence-electron chi connectivity index (χ0n) is 19.3. The molecule has 33 heavy (non-hydrogen) atoms. The minimum Gasteiger partial charge on any atom is -0.497 e. The summed E-state index contributed by atoms with van der Waals surface area (Å²) >= 11 is 0. The van der Waals surface area contributed by atoms with E-state index in [0.29, 0.717) is 17.7 Å². The number of carbonyl (C=O) groups excluding carboxylic acids is 1. The molecular weight excluding hydrogens is 420 g/mol. The average molecular weight is 449 g/mol. The molecule has 1 aliphatic heterocycles. The molecule has 0 spiro atoms. The lowest BCUT2D eigenvalue weighted by molar-refractivity contribution is 0.0508. The largest absolute Gasteiger partial charge is 0.497 e. The van der Waals surface area contributed by atoms with Gasteiger partial charge in [-0.25, -0.2) is 14.5 Å². The van der Waals surface area contributed by atoms with Crippen LogP contribution in [0.4, 0.5) is 0 Å². The summed E-state index contributed by atoms with van der Waals surface area (Å²) < 4.78 is 13.3. The fraction of sp³-hybridized carbons (Fsp3) is 0.360. The summed E-state index contributed by atoms with van der Waals surface area (Å²) in [7, 11) is 1.65. The van der Waals surface area contributed by atoms with E-state index in [4.69, 9.17) is 14.3 Å². The van der Waals surface area contributed by atoms with Crippen molar-refractivity contribution in [3.8, 4) is 11.5 Å². The van der Waals surface area contributed by atoms with Gasteiger partial charge in [-0.1, -0.05) is 44.1 Å². The Morgan fingerprint density at radius 2 is 2.03 bits per heavy atom. The van der Waals surface area contributed by atoms with Crippen molar-refractivity contribution in [1.29, 1.82) is 0 Å². The molecule has 0 amide bonds. The van der Waals surface area contributed by atoms with Crippen LogP contribution >= 0.6 is 0 Å². The summed E-state index contributed by atoms with van der Waals surface area (Å²) in [6, 6.07) is 14.3. The van der Waals surface area contributed by atoms with Crippen LogP contribution in [-0.4, -0.2) is 39.7 Å². The van der Waals surface area contributed by atoms with Gasteiger partial charge in [-0.3, -0.25) is 0 Å². The number of hydrogen-bond acceptors (Lipinski definition) is 7. The van der Waals surface area contributed by atoms with Crippen molar-refractivity contribution in [1.82, 2.24) is 14.8 Å². The second-order valence-electron chi connectivity index (χ2n) is 9.02. The van der Waals surface area contributed by atoms with E-state index in [1.807, 2.05) is 45.0 Å². The maximum absolute atomic E-state index is 12.5. The van der Waals surface area contributed by atoms with Crippen molar-refractivity contribution in [2.45, 2.75) is 45.8 Å². The highest BCUT2D eigenvalue weighted by Crippen LogP contribution is 2.36. The first kappa shape index (κ1) is 22.5. The van der Waals surface area contributed by atoms with Crippen LogP contribution in [0.2, 0.25) is 0 Å². The first-order valence-electron chi connectivity index (χ1n) is 10.9. The van der Waals surface area contributed by atoms with Crippen LogP contribution in [0.1, 0.15) is 49.2 Å². The molecule has 4 rings (SSSR count). The molecule has 0 saturated carbocycles. The zero-order chi connectivity index (χ0) is 23.4. The lowest BCUT2D eigenvalue weighted by atomic mass is 9.83. The molecular formula is C25H28N4O4. The van der Waals surface area contributed by atoms with E-state index >= 15 is 0 Å². The van der Waals surface area contributed by atoms with Gasteiger partial charge in [0.25, 0.3) is 0 Å². The number of hydrogen-bond donors (Lipinski definition) is 0. The number of fused-ring (bicyclic) bond motifs is 1. The normalized spacial score (nSPS) is 16.6. The van der Waals surface area contributed by atoms with Gasteiger partial charge in [-0.05, 0) is 30.3 Å². The number of carbonyl (C=O) groups is 1. The van der Waals surface area contributed by atoms with Gasteiger partial charge < -0.3 is 14.3 Å². The molecule has 2 atom stereocenters. The predicted octanol–water partition coefficient (Wildman–Crippen LogP) is 4.48. The third kappa shape index (κ3) is 5.22. The molecule has 0 radical (unpaired) electrons. The Morgan fingerprint density at radius 1 is 1.24 bits per heavy atom. The van der Waals surface area contributed by atoms with Gasteiger partial charge >= 0.3 is 5.97 Å². The molecule has 8 heteroatoms. The number of oxime groups is 1.